The van der Waals surface area contributed by atoms with Crippen molar-refractivity contribution in [3.05, 3.63) is 28.6 Å². The Labute approximate surface area is 84.1 Å². The van der Waals surface area contributed by atoms with Gasteiger partial charge in [0.05, 0.1) is 5.69 Å². The van der Waals surface area contributed by atoms with Crippen LogP contribution >= 0.6 is 0 Å². The highest BCUT2D eigenvalue weighted by Crippen LogP contribution is 2.44. The summed E-state index contributed by atoms with van der Waals surface area (Å²) in [6.45, 7) is 4.02. The van der Waals surface area contributed by atoms with Crippen molar-refractivity contribution in [3.63, 3.8) is 0 Å². The second-order valence-electron chi connectivity index (χ2n) is 4.12. The Hall–Kier alpha value is -1.05. The number of anilines is 1. The van der Waals surface area contributed by atoms with E-state index in [1.165, 1.54) is 18.4 Å². The standard InChI is InChI=1S/C12H16FN/c1-3-9-11(8-4-5-8)7(2)6-10(14)12(9)13/h6,8H,3-5,14H2,1-2H3. The lowest BCUT2D eigenvalue weighted by Gasteiger charge is -2.13. The summed E-state index contributed by atoms with van der Waals surface area (Å²) in [5.41, 5.74) is 9.12. The maximum Gasteiger partial charge on any atom is 0.149 e. The van der Waals surface area contributed by atoms with E-state index in [4.69, 9.17) is 5.73 Å². The van der Waals surface area contributed by atoms with Gasteiger partial charge in [0.1, 0.15) is 5.82 Å². The molecule has 0 unspecified atom stereocenters. The molecule has 0 heterocycles. The zero-order valence-corrected chi connectivity index (χ0v) is 8.73. The number of nitrogen functional groups attached to an aromatic ring is 1. The zero-order valence-electron chi connectivity index (χ0n) is 8.73. The summed E-state index contributed by atoms with van der Waals surface area (Å²) < 4.78 is 13.7. The predicted molar refractivity (Wildman–Crippen MR) is 56.9 cm³/mol. The Kier molecular flexibility index (Phi) is 2.22. The molecule has 0 atom stereocenters. The molecule has 0 saturated heterocycles. The Morgan fingerprint density at radius 3 is 2.64 bits per heavy atom. The van der Waals surface area contributed by atoms with Crippen molar-refractivity contribution in [2.75, 3.05) is 5.73 Å². The van der Waals surface area contributed by atoms with Crippen LogP contribution in [0.15, 0.2) is 6.07 Å². The Balaban J connectivity index is 2.60. The van der Waals surface area contributed by atoms with E-state index < -0.39 is 0 Å². The molecular weight excluding hydrogens is 177 g/mol. The van der Waals surface area contributed by atoms with Gasteiger partial charge in [-0.3, -0.25) is 0 Å². The Bertz CT molecular complexity index is 367. The van der Waals surface area contributed by atoms with Crippen molar-refractivity contribution in [1.29, 1.82) is 0 Å². The van der Waals surface area contributed by atoms with Gasteiger partial charge in [0, 0.05) is 0 Å². The molecule has 1 aromatic rings. The highest BCUT2D eigenvalue weighted by atomic mass is 19.1. The van der Waals surface area contributed by atoms with Crippen LogP contribution < -0.4 is 5.73 Å². The largest absolute Gasteiger partial charge is 0.396 e. The monoisotopic (exact) mass is 193 g/mol. The molecule has 0 spiro atoms. The van der Waals surface area contributed by atoms with Gasteiger partial charge in [-0.1, -0.05) is 6.92 Å². The third-order valence-corrected chi connectivity index (χ3v) is 2.98. The maximum absolute atomic E-state index is 13.7. The lowest BCUT2D eigenvalue weighted by Crippen LogP contribution is -2.03. The number of hydrogen-bond acceptors (Lipinski definition) is 1. The van der Waals surface area contributed by atoms with E-state index in [1.807, 2.05) is 13.8 Å². The van der Waals surface area contributed by atoms with Gasteiger partial charge in [0.25, 0.3) is 0 Å². The number of benzene rings is 1. The SMILES string of the molecule is CCc1c(F)c(N)cc(C)c1C1CC1. The summed E-state index contributed by atoms with van der Waals surface area (Å²) in [5, 5.41) is 0. The second kappa shape index (κ2) is 3.26. The van der Waals surface area contributed by atoms with Crippen molar-refractivity contribution < 1.29 is 4.39 Å². The topological polar surface area (TPSA) is 26.0 Å². The third kappa shape index (κ3) is 1.39. The maximum atomic E-state index is 13.7. The van der Waals surface area contributed by atoms with Crippen molar-refractivity contribution in [2.24, 2.45) is 0 Å². The smallest absolute Gasteiger partial charge is 0.149 e. The minimum absolute atomic E-state index is 0.194. The highest BCUT2D eigenvalue weighted by molar-refractivity contribution is 5.53. The fraction of sp³-hybridized carbons (Fsp3) is 0.500. The molecular formula is C12H16FN. The van der Waals surface area contributed by atoms with Crippen LogP contribution in [0.25, 0.3) is 0 Å². The molecule has 1 aliphatic carbocycles. The van der Waals surface area contributed by atoms with Gasteiger partial charge < -0.3 is 5.73 Å². The van der Waals surface area contributed by atoms with E-state index in [2.05, 4.69) is 0 Å². The van der Waals surface area contributed by atoms with Gasteiger partial charge in [0.2, 0.25) is 0 Å². The van der Waals surface area contributed by atoms with Gasteiger partial charge in [-0.05, 0) is 54.9 Å². The number of aryl methyl sites for hydroxylation is 1. The summed E-state index contributed by atoms with van der Waals surface area (Å²) in [5.74, 6) is 0.403. The molecule has 0 aromatic heterocycles. The molecule has 1 aromatic carbocycles. The molecule has 1 nitrogen and oxygen atoms in total. The van der Waals surface area contributed by atoms with E-state index in [9.17, 15) is 4.39 Å². The van der Waals surface area contributed by atoms with Crippen LogP contribution in [-0.4, -0.2) is 0 Å². The lowest BCUT2D eigenvalue weighted by molar-refractivity contribution is 0.612. The van der Waals surface area contributed by atoms with Gasteiger partial charge in [-0.2, -0.15) is 0 Å². The van der Waals surface area contributed by atoms with Crippen LogP contribution in [0.2, 0.25) is 0 Å². The van der Waals surface area contributed by atoms with Gasteiger partial charge in [0.15, 0.2) is 0 Å². The summed E-state index contributed by atoms with van der Waals surface area (Å²) in [6.07, 6.45) is 3.15. The molecule has 0 aliphatic heterocycles. The lowest BCUT2D eigenvalue weighted by atomic mass is 9.95. The summed E-state index contributed by atoms with van der Waals surface area (Å²) in [4.78, 5) is 0. The van der Waals surface area contributed by atoms with E-state index in [1.54, 1.807) is 6.07 Å². The van der Waals surface area contributed by atoms with Crippen LogP contribution in [0.5, 0.6) is 0 Å². The minimum Gasteiger partial charge on any atom is -0.396 e. The second-order valence-corrected chi connectivity index (χ2v) is 4.12. The molecule has 1 saturated carbocycles. The van der Waals surface area contributed by atoms with Crippen LogP contribution in [-0.2, 0) is 6.42 Å². The quantitative estimate of drug-likeness (QED) is 0.717. The molecule has 14 heavy (non-hydrogen) atoms. The van der Waals surface area contributed by atoms with Gasteiger partial charge in [-0.25, -0.2) is 4.39 Å². The zero-order chi connectivity index (χ0) is 10.3. The van der Waals surface area contributed by atoms with Gasteiger partial charge in [-0.15, -0.1) is 0 Å². The number of rotatable bonds is 2. The van der Waals surface area contributed by atoms with E-state index in [-0.39, 0.29) is 5.82 Å². The molecule has 2 N–H and O–H groups in total. The molecule has 0 radical (unpaired) electrons. The fourth-order valence-electron chi connectivity index (χ4n) is 2.19. The van der Waals surface area contributed by atoms with Crippen molar-refractivity contribution >= 4 is 5.69 Å². The van der Waals surface area contributed by atoms with E-state index in [0.29, 0.717) is 11.6 Å². The molecule has 1 fully saturated rings. The fourth-order valence-corrected chi connectivity index (χ4v) is 2.19. The van der Waals surface area contributed by atoms with Crippen molar-refractivity contribution in [2.45, 2.75) is 39.0 Å². The Morgan fingerprint density at radius 1 is 1.50 bits per heavy atom. The average Bonchev–Trinajstić information content (AvgIpc) is 2.94. The normalized spacial score (nSPS) is 15.9. The third-order valence-electron chi connectivity index (χ3n) is 2.98. The molecule has 1 aliphatic rings. The summed E-state index contributed by atoms with van der Waals surface area (Å²) in [6, 6.07) is 1.77. The first-order valence-electron chi connectivity index (χ1n) is 5.22. The van der Waals surface area contributed by atoms with Crippen LogP contribution in [0.4, 0.5) is 10.1 Å². The molecule has 2 rings (SSSR count). The van der Waals surface area contributed by atoms with E-state index >= 15 is 0 Å². The van der Waals surface area contributed by atoms with Crippen molar-refractivity contribution in [1.82, 2.24) is 0 Å². The van der Waals surface area contributed by atoms with Crippen molar-refractivity contribution in [3.8, 4) is 0 Å². The minimum atomic E-state index is -0.194. The molecule has 0 bridgehead atoms. The number of nitrogens with two attached hydrogens (primary N) is 1. The first-order chi connectivity index (χ1) is 6.65. The highest BCUT2D eigenvalue weighted by Gasteiger charge is 2.29. The summed E-state index contributed by atoms with van der Waals surface area (Å²) in [7, 11) is 0. The number of hydrogen-bond donors (Lipinski definition) is 1. The molecule has 76 valence electrons. The van der Waals surface area contributed by atoms with Crippen LogP contribution in [0.3, 0.4) is 0 Å². The van der Waals surface area contributed by atoms with Crippen LogP contribution in [0, 0.1) is 12.7 Å². The first kappa shape index (κ1) is 9.50. The molecule has 0 amide bonds. The van der Waals surface area contributed by atoms with E-state index in [0.717, 1.165) is 17.5 Å². The average molecular weight is 193 g/mol. The number of halogens is 1. The molecule has 2 heteroatoms. The van der Waals surface area contributed by atoms with Gasteiger partial charge >= 0.3 is 0 Å². The first-order valence-corrected chi connectivity index (χ1v) is 5.22. The Morgan fingerprint density at radius 2 is 2.14 bits per heavy atom. The predicted octanol–water partition coefficient (Wildman–Crippen LogP) is 3.16. The summed E-state index contributed by atoms with van der Waals surface area (Å²) >= 11 is 0. The van der Waals surface area contributed by atoms with Crippen LogP contribution in [0.1, 0.15) is 42.4 Å².